The predicted molar refractivity (Wildman–Crippen MR) is 94.7 cm³/mol. The van der Waals surface area contributed by atoms with Gasteiger partial charge in [0.05, 0.1) is 20.6 Å². The molecule has 1 aromatic carbocycles. The van der Waals surface area contributed by atoms with Crippen LogP contribution in [0.3, 0.4) is 0 Å². The average Bonchev–Trinajstić information content (AvgIpc) is 3.22. The van der Waals surface area contributed by atoms with Gasteiger partial charge in [-0.25, -0.2) is 0 Å². The molecule has 1 amide bonds. The molecule has 0 unspecified atom stereocenters. The zero-order chi connectivity index (χ0) is 16.2. The number of hydrogen-bond acceptors (Lipinski definition) is 4. The van der Waals surface area contributed by atoms with Gasteiger partial charge in [0.2, 0.25) is 5.78 Å². The lowest BCUT2D eigenvalue weighted by Crippen LogP contribution is -2.21. The second-order valence-electron chi connectivity index (χ2n) is 4.75. The number of nitrogens with one attached hydrogen (secondary N) is 1. The molecule has 0 aliphatic carbocycles. The predicted octanol–water partition coefficient (Wildman–Crippen LogP) is 4.62. The summed E-state index contributed by atoms with van der Waals surface area (Å²) in [6.45, 7) is 0.390. The van der Waals surface area contributed by atoms with Gasteiger partial charge in [-0.15, -0.1) is 22.7 Å². The first-order chi connectivity index (χ1) is 11.1. The van der Waals surface area contributed by atoms with Gasteiger partial charge in [0.15, 0.2) is 0 Å². The molecule has 0 aliphatic heterocycles. The SMILES string of the molecule is O=C(NCc1ccc(C(=O)c2ccccc2)s1)c1ccc(Cl)s1. The highest BCUT2D eigenvalue weighted by Crippen LogP contribution is 2.22. The lowest BCUT2D eigenvalue weighted by molar-refractivity contribution is 0.0954. The van der Waals surface area contributed by atoms with E-state index in [1.165, 1.54) is 22.7 Å². The molecule has 2 aromatic heterocycles. The van der Waals surface area contributed by atoms with Gasteiger partial charge in [0.25, 0.3) is 5.91 Å². The van der Waals surface area contributed by atoms with Crippen molar-refractivity contribution in [3.8, 4) is 0 Å². The number of carbonyl (C=O) groups is 2. The molecule has 3 nitrogen and oxygen atoms in total. The number of halogens is 1. The van der Waals surface area contributed by atoms with Crippen LogP contribution in [0.5, 0.6) is 0 Å². The Hall–Kier alpha value is -1.95. The number of thiophene rings is 2. The van der Waals surface area contributed by atoms with Crippen molar-refractivity contribution >= 4 is 46.0 Å². The molecule has 0 spiro atoms. The van der Waals surface area contributed by atoms with Crippen molar-refractivity contribution in [2.45, 2.75) is 6.54 Å². The first kappa shape index (κ1) is 15.9. The maximum absolute atomic E-state index is 12.3. The van der Waals surface area contributed by atoms with E-state index in [-0.39, 0.29) is 11.7 Å². The summed E-state index contributed by atoms with van der Waals surface area (Å²) >= 11 is 8.45. The van der Waals surface area contributed by atoms with Crippen molar-refractivity contribution in [2.75, 3.05) is 0 Å². The molecule has 3 rings (SSSR count). The zero-order valence-electron chi connectivity index (χ0n) is 11.9. The Balaban J connectivity index is 1.63. The van der Waals surface area contributed by atoms with E-state index in [9.17, 15) is 9.59 Å². The minimum Gasteiger partial charge on any atom is -0.346 e. The quantitative estimate of drug-likeness (QED) is 0.674. The third-order valence-electron chi connectivity index (χ3n) is 3.14. The van der Waals surface area contributed by atoms with E-state index in [0.29, 0.717) is 26.2 Å². The zero-order valence-corrected chi connectivity index (χ0v) is 14.3. The molecule has 0 fully saturated rings. The summed E-state index contributed by atoms with van der Waals surface area (Å²) in [7, 11) is 0. The molecule has 6 heteroatoms. The number of carbonyl (C=O) groups excluding carboxylic acids is 2. The van der Waals surface area contributed by atoms with Gasteiger partial charge < -0.3 is 5.32 Å². The Labute approximate surface area is 146 Å². The van der Waals surface area contributed by atoms with E-state index >= 15 is 0 Å². The van der Waals surface area contributed by atoms with E-state index in [2.05, 4.69) is 5.32 Å². The Kier molecular flexibility index (Phi) is 4.91. The van der Waals surface area contributed by atoms with Crippen molar-refractivity contribution in [1.82, 2.24) is 5.32 Å². The van der Waals surface area contributed by atoms with Crippen LogP contribution in [-0.2, 0) is 6.54 Å². The maximum atomic E-state index is 12.3. The van der Waals surface area contributed by atoms with Gasteiger partial charge in [0.1, 0.15) is 0 Å². The molecule has 23 heavy (non-hydrogen) atoms. The van der Waals surface area contributed by atoms with Gasteiger partial charge in [0, 0.05) is 10.4 Å². The molecule has 116 valence electrons. The third-order valence-corrected chi connectivity index (χ3v) is 5.46. The molecule has 3 aromatic rings. The number of rotatable bonds is 5. The molecule has 0 saturated carbocycles. The number of amides is 1. The van der Waals surface area contributed by atoms with E-state index in [4.69, 9.17) is 11.6 Å². The molecular formula is C17H12ClNO2S2. The van der Waals surface area contributed by atoms with Crippen LogP contribution in [0.15, 0.2) is 54.6 Å². The van der Waals surface area contributed by atoms with E-state index in [1.807, 2.05) is 24.3 Å². The minimum absolute atomic E-state index is 0.00165. The van der Waals surface area contributed by atoms with Gasteiger partial charge in [-0.1, -0.05) is 41.9 Å². The highest BCUT2D eigenvalue weighted by molar-refractivity contribution is 7.18. The van der Waals surface area contributed by atoms with Gasteiger partial charge in [-0.05, 0) is 24.3 Å². The highest BCUT2D eigenvalue weighted by Gasteiger charge is 2.13. The molecule has 1 N–H and O–H groups in total. The van der Waals surface area contributed by atoms with E-state index in [0.717, 1.165) is 4.88 Å². The van der Waals surface area contributed by atoms with Crippen molar-refractivity contribution in [1.29, 1.82) is 0 Å². The topological polar surface area (TPSA) is 46.2 Å². The summed E-state index contributed by atoms with van der Waals surface area (Å²) in [6, 6.07) is 16.2. The minimum atomic E-state index is -0.161. The second-order valence-corrected chi connectivity index (χ2v) is 7.63. The van der Waals surface area contributed by atoms with Crippen molar-refractivity contribution < 1.29 is 9.59 Å². The number of benzene rings is 1. The Bertz CT molecular complexity index is 839. The van der Waals surface area contributed by atoms with Crippen molar-refractivity contribution in [3.05, 3.63) is 79.1 Å². The fraction of sp³-hybridized carbons (Fsp3) is 0.0588. The molecule has 0 atom stereocenters. The fourth-order valence-electron chi connectivity index (χ4n) is 2.02. The molecular weight excluding hydrogens is 350 g/mol. The Morgan fingerprint density at radius 3 is 2.35 bits per heavy atom. The smallest absolute Gasteiger partial charge is 0.261 e. The first-order valence-electron chi connectivity index (χ1n) is 6.85. The number of hydrogen-bond donors (Lipinski definition) is 1. The summed E-state index contributed by atoms with van der Waals surface area (Å²) in [5, 5.41) is 2.83. The van der Waals surface area contributed by atoms with E-state index in [1.54, 1.807) is 30.3 Å². The average molecular weight is 362 g/mol. The maximum Gasteiger partial charge on any atom is 0.261 e. The van der Waals surface area contributed by atoms with Gasteiger partial charge in [-0.2, -0.15) is 0 Å². The van der Waals surface area contributed by atoms with Crippen molar-refractivity contribution in [3.63, 3.8) is 0 Å². The van der Waals surface area contributed by atoms with Crippen LogP contribution in [0.25, 0.3) is 0 Å². The van der Waals surface area contributed by atoms with Crippen LogP contribution >= 0.6 is 34.3 Å². The van der Waals surface area contributed by atoms with Gasteiger partial charge >= 0.3 is 0 Å². The van der Waals surface area contributed by atoms with Crippen LogP contribution in [0, 0.1) is 0 Å². The number of ketones is 1. The van der Waals surface area contributed by atoms with Crippen molar-refractivity contribution in [2.24, 2.45) is 0 Å². The molecule has 0 saturated heterocycles. The summed E-state index contributed by atoms with van der Waals surface area (Å²) < 4.78 is 0.585. The highest BCUT2D eigenvalue weighted by atomic mass is 35.5. The summed E-state index contributed by atoms with van der Waals surface area (Å²) in [5.74, 6) is -0.163. The monoisotopic (exact) mass is 361 g/mol. The van der Waals surface area contributed by atoms with Crippen LogP contribution in [0.1, 0.15) is 29.8 Å². The fourth-order valence-corrected chi connectivity index (χ4v) is 3.89. The van der Waals surface area contributed by atoms with Crippen LogP contribution in [-0.4, -0.2) is 11.7 Å². The summed E-state index contributed by atoms with van der Waals surface area (Å²) in [5.41, 5.74) is 0.665. The van der Waals surface area contributed by atoms with Crippen LogP contribution in [0.4, 0.5) is 0 Å². The molecule has 0 bridgehead atoms. The second kappa shape index (κ2) is 7.08. The molecule has 0 aliphatic rings. The standard InChI is InChI=1S/C17H12ClNO2S2/c18-15-9-8-14(23-15)17(21)19-10-12-6-7-13(22-12)16(20)11-4-2-1-3-5-11/h1-9H,10H2,(H,19,21). The van der Waals surface area contributed by atoms with Gasteiger partial charge in [-0.3, -0.25) is 9.59 Å². The summed E-state index contributed by atoms with van der Waals surface area (Å²) in [4.78, 5) is 26.5. The molecule has 0 radical (unpaired) electrons. The first-order valence-corrected chi connectivity index (χ1v) is 8.86. The lowest BCUT2D eigenvalue weighted by atomic mass is 10.1. The Morgan fingerprint density at radius 2 is 1.65 bits per heavy atom. The van der Waals surface area contributed by atoms with Crippen LogP contribution < -0.4 is 5.32 Å². The summed E-state index contributed by atoms with van der Waals surface area (Å²) in [6.07, 6.45) is 0. The third kappa shape index (κ3) is 3.88. The molecule has 2 heterocycles. The Morgan fingerprint density at radius 1 is 0.913 bits per heavy atom. The largest absolute Gasteiger partial charge is 0.346 e. The lowest BCUT2D eigenvalue weighted by Gasteiger charge is -2.01. The normalized spacial score (nSPS) is 10.5. The van der Waals surface area contributed by atoms with Crippen LogP contribution in [0.2, 0.25) is 4.34 Å². The van der Waals surface area contributed by atoms with E-state index < -0.39 is 0 Å².